The zero-order chi connectivity index (χ0) is 23.2. The molecule has 0 aromatic heterocycles. The van der Waals surface area contributed by atoms with Gasteiger partial charge in [0.15, 0.2) is 20.2 Å². The number of methoxy groups -OCH3 is 1. The Labute approximate surface area is 184 Å². The second-order valence-corrected chi connectivity index (χ2v) is 13.9. The van der Waals surface area contributed by atoms with Gasteiger partial charge in [-0.05, 0) is 42.6 Å². The summed E-state index contributed by atoms with van der Waals surface area (Å²) in [5, 5.41) is 11.7. The smallest absolute Gasteiger partial charge is 0.335 e. The number of hydrogen-bond acceptors (Lipinski definition) is 7. The monoisotopic (exact) mass is 451 g/mol. The first-order chi connectivity index (χ1) is 14.4. The molecule has 0 unspecified atom stereocenters. The fourth-order valence-corrected chi connectivity index (χ4v) is 3.81. The number of carbonyl (C=O) groups excluding carboxylic acids is 1. The van der Waals surface area contributed by atoms with Crippen LogP contribution in [0.25, 0.3) is 6.08 Å². The number of nitro groups is 1. The predicted octanol–water partition coefficient (Wildman–Crippen LogP) is 5.08. The van der Waals surface area contributed by atoms with Crippen molar-refractivity contribution in [2.45, 2.75) is 70.6 Å². The van der Waals surface area contributed by atoms with Crippen molar-refractivity contribution in [3.05, 3.63) is 40.0 Å². The first-order valence-corrected chi connectivity index (χ1v) is 13.3. The Morgan fingerprint density at radius 2 is 2.03 bits per heavy atom. The largest absolute Gasteiger partial charge is 0.467 e. The van der Waals surface area contributed by atoms with Gasteiger partial charge in [0.1, 0.15) is 0 Å². The van der Waals surface area contributed by atoms with Gasteiger partial charge in [0.25, 0.3) is 0 Å². The predicted molar refractivity (Wildman–Crippen MR) is 120 cm³/mol. The highest BCUT2D eigenvalue weighted by atomic mass is 28.4. The van der Waals surface area contributed by atoms with Crippen LogP contribution >= 0.6 is 0 Å². The molecular weight excluding hydrogens is 418 g/mol. The van der Waals surface area contributed by atoms with Crippen molar-refractivity contribution >= 4 is 26.1 Å². The summed E-state index contributed by atoms with van der Waals surface area (Å²) in [6, 6.07) is 4.75. The molecule has 1 aliphatic rings. The summed E-state index contributed by atoms with van der Waals surface area (Å²) < 4.78 is 22.1. The number of carbonyl (C=O) groups is 1. The third-order valence-corrected chi connectivity index (χ3v) is 10.3. The molecule has 1 aromatic rings. The molecule has 2 atom stereocenters. The fourth-order valence-electron chi connectivity index (χ4n) is 2.86. The molecule has 0 radical (unpaired) electrons. The second-order valence-electron chi connectivity index (χ2n) is 9.08. The van der Waals surface area contributed by atoms with E-state index < -0.39 is 31.6 Å². The van der Waals surface area contributed by atoms with Crippen LogP contribution in [0.4, 0.5) is 5.69 Å². The van der Waals surface area contributed by atoms with Gasteiger partial charge in [-0.2, -0.15) is 0 Å². The van der Waals surface area contributed by atoms with Crippen molar-refractivity contribution in [3.8, 4) is 5.75 Å². The van der Waals surface area contributed by atoms with Crippen LogP contribution < -0.4 is 4.74 Å². The van der Waals surface area contributed by atoms with Crippen LogP contribution in [0, 0.1) is 10.1 Å². The van der Waals surface area contributed by atoms with Crippen molar-refractivity contribution in [2.24, 2.45) is 0 Å². The Hall–Kier alpha value is -2.23. The Bertz CT molecular complexity index is 817. The van der Waals surface area contributed by atoms with E-state index >= 15 is 0 Å². The molecule has 1 heterocycles. The van der Waals surface area contributed by atoms with E-state index in [4.69, 9.17) is 18.6 Å². The minimum atomic E-state index is -1.85. The number of rotatable bonds is 8. The van der Waals surface area contributed by atoms with Crippen molar-refractivity contribution in [1.82, 2.24) is 0 Å². The van der Waals surface area contributed by atoms with E-state index in [1.165, 1.54) is 13.2 Å². The number of benzene rings is 1. The summed E-state index contributed by atoms with van der Waals surface area (Å²) in [7, 11) is -0.553. The molecule has 1 fully saturated rings. The number of ether oxygens (including phenoxy) is 3. The molecule has 0 aliphatic carbocycles. The summed E-state index contributed by atoms with van der Waals surface area (Å²) in [4.78, 5) is 22.8. The van der Waals surface area contributed by atoms with Gasteiger partial charge in [-0.15, -0.1) is 0 Å². The molecule has 172 valence electrons. The molecule has 2 rings (SSSR count). The van der Waals surface area contributed by atoms with Crippen LogP contribution in [0.5, 0.6) is 5.75 Å². The van der Waals surface area contributed by atoms with E-state index in [9.17, 15) is 14.9 Å². The summed E-state index contributed by atoms with van der Waals surface area (Å²) in [6.45, 7) is 11.3. The topological polar surface area (TPSA) is 97.1 Å². The Kier molecular flexibility index (Phi) is 8.39. The number of nitro benzene ring substituents is 1. The minimum absolute atomic E-state index is 0.107. The summed E-state index contributed by atoms with van der Waals surface area (Å²) in [6.07, 6.45) is 3.99. The zero-order valence-corrected chi connectivity index (χ0v) is 20.2. The average Bonchev–Trinajstić information content (AvgIpc) is 2.70. The van der Waals surface area contributed by atoms with Gasteiger partial charge < -0.3 is 18.6 Å². The lowest BCUT2D eigenvalue weighted by molar-refractivity contribution is -0.386. The van der Waals surface area contributed by atoms with E-state index in [1.807, 2.05) is 6.08 Å². The summed E-state index contributed by atoms with van der Waals surface area (Å²) in [5.74, 6) is -0.363. The zero-order valence-electron chi connectivity index (χ0n) is 19.2. The molecule has 0 N–H and O–H groups in total. The van der Waals surface area contributed by atoms with Gasteiger partial charge >= 0.3 is 11.7 Å². The normalized spacial score (nSPS) is 19.9. The average molecular weight is 452 g/mol. The van der Waals surface area contributed by atoms with Crippen LogP contribution in [0.15, 0.2) is 24.3 Å². The van der Waals surface area contributed by atoms with Crippen molar-refractivity contribution in [1.29, 1.82) is 0 Å². The standard InChI is InChI=1S/C22H33NO7Si/c1-22(2,3)31(5,6)28-14-8-9-16-12-13-18(17(15-16)23(25)26)29-20-11-7-10-19(30-20)21(24)27-4/h8-9,12-13,15,19-20H,7,10-11,14H2,1-6H3/b9-8+/t19-,20+/m0/s1. The van der Waals surface area contributed by atoms with E-state index in [1.54, 1.807) is 18.2 Å². The molecule has 0 bridgehead atoms. The number of hydrogen-bond donors (Lipinski definition) is 0. The Balaban J connectivity index is 2.06. The molecule has 9 heteroatoms. The lowest BCUT2D eigenvalue weighted by Gasteiger charge is -2.35. The number of nitrogens with zero attached hydrogens (tertiary/aromatic N) is 1. The van der Waals surface area contributed by atoms with Gasteiger partial charge in [-0.3, -0.25) is 10.1 Å². The minimum Gasteiger partial charge on any atom is -0.467 e. The van der Waals surface area contributed by atoms with Crippen LogP contribution in [-0.4, -0.2) is 45.3 Å². The lowest BCUT2D eigenvalue weighted by Crippen LogP contribution is -2.40. The summed E-state index contributed by atoms with van der Waals surface area (Å²) in [5.41, 5.74) is 0.520. The molecule has 1 aromatic carbocycles. The van der Waals surface area contributed by atoms with Crippen LogP contribution in [-0.2, 0) is 18.7 Å². The highest BCUT2D eigenvalue weighted by Crippen LogP contribution is 2.36. The maximum absolute atomic E-state index is 11.7. The molecule has 0 saturated carbocycles. The van der Waals surface area contributed by atoms with E-state index in [-0.39, 0.29) is 16.5 Å². The van der Waals surface area contributed by atoms with Gasteiger partial charge in [-0.25, -0.2) is 4.79 Å². The van der Waals surface area contributed by atoms with Gasteiger partial charge in [0, 0.05) is 12.5 Å². The first kappa shape index (κ1) is 25.0. The highest BCUT2D eigenvalue weighted by Gasteiger charge is 2.36. The van der Waals surface area contributed by atoms with Crippen LogP contribution in [0.3, 0.4) is 0 Å². The van der Waals surface area contributed by atoms with Crippen molar-refractivity contribution in [2.75, 3.05) is 13.7 Å². The Morgan fingerprint density at radius 1 is 1.32 bits per heavy atom. The molecule has 31 heavy (non-hydrogen) atoms. The maximum Gasteiger partial charge on any atom is 0.335 e. The van der Waals surface area contributed by atoms with E-state index in [0.29, 0.717) is 31.4 Å². The van der Waals surface area contributed by atoms with Gasteiger partial charge in [0.05, 0.1) is 18.6 Å². The molecule has 1 aliphatic heterocycles. The van der Waals surface area contributed by atoms with E-state index in [2.05, 4.69) is 33.9 Å². The quantitative estimate of drug-likeness (QED) is 0.235. The first-order valence-electron chi connectivity index (χ1n) is 10.4. The molecule has 8 nitrogen and oxygen atoms in total. The van der Waals surface area contributed by atoms with Crippen LogP contribution in [0.2, 0.25) is 18.1 Å². The van der Waals surface area contributed by atoms with Crippen molar-refractivity contribution in [3.63, 3.8) is 0 Å². The summed E-state index contributed by atoms with van der Waals surface area (Å²) >= 11 is 0. The molecular formula is C22H33NO7Si. The maximum atomic E-state index is 11.7. The van der Waals surface area contributed by atoms with Crippen molar-refractivity contribution < 1.29 is 28.4 Å². The highest BCUT2D eigenvalue weighted by molar-refractivity contribution is 6.74. The molecule has 0 amide bonds. The van der Waals surface area contributed by atoms with Gasteiger partial charge in [0.2, 0.25) is 6.29 Å². The number of esters is 1. The van der Waals surface area contributed by atoms with E-state index in [0.717, 1.165) is 0 Å². The fraction of sp³-hybridized carbons (Fsp3) is 0.591. The Morgan fingerprint density at radius 3 is 2.65 bits per heavy atom. The third kappa shape index (κ3) is 6.88. The van der Waals surface area contributed by atoms with Crippen LogP contribution in [0.1, 0.15) is 45.6 Å². The second kappa shape index (κ2) is 10.4. The van der Waals surface area contributed by atoms with Gasteiger partial charge in [-0.1, -0.05) is 39.0 Å². The third-order valence-electron chi connectivity index (χ3n) is 5.78. The SMILES string of the molecule is COC(=O)[C@@H]1CCC[C@H](Oc2ccc(/C=C/CO[Si](C)(C)C(C)(C)C)cc2[N+](=O)[O-])O1. The lowest BCUT2D eigenvalue weighted by atomic mass is 10.1. The molecule has 1 saturated heterocycles. The molecule has 0 spiro atoms.